The summed E-state index contributed by atoms with van der Waals surface area (Å²) < 4.78 is 0. The number of hydrogen-bond acceptors (Lipinski definition) is 3. The maximum atomic E-state index is 10.1. The Hall–Kier alpha value is -1.42. The lowest BCUT2D eigenvalue weighted by atomic mass is 10.3. The van der Waals surface area contributed by atoms with Gasteiger partial charge in [0, 0.05) is 16.7 Å². The topological polar surface area (TPSA) is 63.3 Å². The minimum Gasteiger partial charge on any atom is -0.478 e. The first-order chi connectivity index (χ1) is 6.18. The van der Waals surface area contributed by atoms with Crippen LogP contribution in [0.25, 0.3) is 0 Å². The van der Waals surface area contributed by atoms with Crippen molar-refractivity contribution in [1.82, 2.24) is 0 Å². The van der Waals surface area contributed by atoms with Crippen LogP contribution >= 0.6 is 11.8 Å². The molecule has 0 saturated carbocycles. The monoisotopic (exact) mass is 195 g/mol. The van der Waals surface area contributed by atoms with E-state index in [9.17, 15) is 4.79 Å². The van der Waals surface area contributed by atoms with Crippen molar-refractivity contribution in [2.45, 2.75) is 4.90 Å². The largest absolute Gasteiger partial charge is 0.478 e. The standard InChI is InChI=1S/C9H9NO2S/c10-7-1-3-8(4-2-7)13-6-5-9(11)12/h1-6H,10H2,(H,11,12)/b6-5+. The molecule has 13 heavy (non-hydrogen) atoms. The minimum absolute atomic E-state index is 0.701. The van der Waals surface area contributed by atoms with Crippen LogP contribution in [0.2, 0.25) is 0 Å². The molecule has 0 spiro atoms. The van der Waals surface area contributed by atoms with E-state index in [1.165, 1.54) is 17.2 Å². The molecule has 0 amide bonds. The van der Waals surface area contributed by atoms with Gasteiger partial charge in [-0.1, -0.05) is 11.8 Å². The van der Waals surface area contributed by atoms with E-state index in [4.69, 9.17) is 10.8 Å². The summed E-state index contributed by atoms with van der Waals surface area (Å²) in [5, 5.41) is 9.84. The summed E-state index contributed by atoms with van der Waals surface area (Å²) in [4.78, 5) is 11.1. The first kappa shape index (κ1) is 9.67. The Morgan fingerprint density at radius 3 is 2.54 bits per heavy atom. The summed E-state index contributed by atoms with van der Waals surface area (Å²) in [6.07, 6.45) is 1.10. The Bertz CT molecular complexity index is 319. The van der Waals surface area contributed by atoms with Gasteiger partial charge in [-0.25, -0.2) is 4.79 Å². The van der Waals surface area contributed by atoms with Crippen molar-refractivity contribution in [3.05, 3.63) is 35.7 Å². The van der Waals surface area contributed by atoms with Crippen LogP contribution < -0.4 is 5.73 Å². The van der Waals surface area contributed by atoms with Crippen LogP contribution in [-0.4, -0.2) is 11.1 Å². The summed E-state index contributed by atoms with van der Waals surface area (Å²) in [7, 11) is 0. The van der Waals surface area contributed by atoms with E-state index < -0.39 is 5.97 Å². The van der Waals surface area contributed by atoms with Gasteiger partial charge >= 0.3 is 5.97 Å². The Kier molecular flexibility index (Phi) is 3.40. The highest BCUT2D eigenvalue weighted by Gasteiger charge is 1.90. The van der Waals surface area contributed by atoms with Crippen molar-refractivity contribution in [2.75, 3.05) is 5.73 Å². The van der Waals surface area contributed by atoms with Crippen molar-refractivity contribution in [3.63, 3.8) is 0 Å². The molecule has 0 saturated heterocycles. The molecule has 0 aliphatic carbocycles. The number of benzene rings is 1. The fourth-order valence-corrected chi connectivity index (χ4v) is 1.35. The Morgan fingerprint density at radius 2 is 2.00 bits per heavy atom. The van der Waals surface area contributed by atoms with E-state index in [1.807, 2.05) is 12.1 Å². The number of rotatable bonds is 3. The zero-order chi connectivity index (χ0) is 9.68. The summed E-state index contributed by atoms with van der Waals surface area (Å²) in [5.74, 6) is -0.942. The average molecular weight is 195 g/mol. The Labute approximate surface area is 80.3 Å². The van der Waals surface area contributed by atoms with Crippen LogP contribution in [0.15, 0.2) is 40.6 Å². The molecule has 0 radical (unpaired) electrons. The summed E-state index contributed by atoms with van der Waals surface area (Å²) in [6, 6.07) is 7.23. The third-order valence-corrected chi connectivity index (χ3v) is 2.11. The van der Waals surface area contributed by atoms with E-state index in [0.29, 0.717) is 5.69 Å². The van der Waals surface area contributed by atoms with Gasteiger partial charge in [-0.15, -0.1) is 0 Å². The molecular weight excluding hydrogens is 186 g/mol. The van der Waals surface area contributed by atoms with Gasteiger partial charge in [0.05, 0.1) is 0 Å². The van der Waals surface area contributed by atoms with E-state index in [-0.39, 0.29) is 0 Å². The predicted molar refractivity (Wildman–Crippen MR) is 53.5 cm³/mol. The minimum atomic E-state index is -0.942. The van der Waals surface area contributed by atoms with Crippen LogP contribution in [0.1, 0.15) is 0 Å². The highest BCUT2D eigenvalue weighted by atomic mass is 32.2. The number of aliphatic carboxylic acids is 1. The van der Waals surface area contributed by atoms with Gasteiger partial charge in [-0.05, 0) is 29.7 Å². The summed E-state index contributed by atoms with van der Waals surface area (Å²) in [5.41, 5.74) is 6.18. The van der Waals surface area contributed by atoms with E-state index in [2.05, 4.69) is 0 Å². The molecule has 0 bridgehead atoms. The fourth-order valence-electron chi connectivity index (χ4n) is 0.717. The second kappa shape index (κ2) is 4.57. The van der Waals surface area contributed by atoms with Gasteiger partial charge in [0.2, 0.25) is 0 Å². The Balaban J connectivity index is 2.55. The van der Waals surface area contributed by atoms with Gasteiger partial charge < -0.3 is 10.8 Å². The molecule has 1 rings (SSSR count). The van der Waals surface area contributed by atoms with Crippen LogP contribution in [0.3, 0.4) is 0 Å². The predicted octanol–water partition coefficient (Wildman–Crippen LogP) is 1.96. The second-order valence-corrected chi connectivity index (χ2v) is 3.31. The van der Waals surface area contributed by atoms with E-state index >= 15 is 0 Å². The average Bonchev–Trinajstić information content (AvgIpc) is 2.08. The van der Waals surface area contributed by atoms with Crippen LogP contribution in [-0.2, 0) is 4.79 Å². The van der Waals surface area contributed by atoms with Gasteiger partial charge in [0.1, 0.15) is 0 Å². The second-order valence-electron chi connectivity index (χ2n) is 2.33. The fraction of sp³-hybridized carbons (Fsp3) is 0. The first-order valence-electron chi connectivity index (χ1n) is 3.60. The third kappa shape index (κ3) is 3.66. The molecule has 3 nitrogen and oxygen atoms in total. The van der Waals surface area contributed by atoms with Gasteiger partial charge in [0.25, 0.3) is 0 Å². The zero-order valence-corrected chi connectivity index (χ0v) is 7.62. The summed E-state index contributed by atoms with van der Waals surface area (Å²) >= 11 is 1.34. The normalized spacial score (nSPS) is 10.5. The van der Waals surface area contributed by atoms with Crippen molar-refractivity contribution in [1.29, 1.82) is 0 Å². The highest BCUT2D eigenvalue weighted by molar-refractivity contribution is 8.02. The Morgan fingerprint density at radius 1 is 1.38 bits per heavy atom. The smallest absolute Gasteiger partial charge is 0.328 e. The number of hydrogen-bond donors (Lipinski definition) is 2. The number of carboxylic acid groups (broad SMARTS) is 1. The number of nitrogen functional groups attached to an aromatic ring is 1. The lowest BCUT2D eigenvalue weighted by Gasteiger charge is -1.95. The molecule has 0 aliphatic heterocycles. The lowest BCUT2D eigenvalue weighted by Crippen LogP contribution is -1.84. The maximum absolute atomic E-state index is 10.1. The molecule has 1 aromatic rings. The third-order valence-electron chi connectivity index (χ3n) is 1.29. The van der Waals surface area contributed by atoms with Crippen LogP contribution in [0.5, 0.6) is 0 Å². The van der Waals surface area contributed by atoms with E-state index in [1.54, 1.807) is 12.1 Å². The van der Waals surface area contributed by atoms with Gasteiger partial charge in [-0.2, -0.15) is 0 Å². The lowest BCUT2D eigenvalue weighted by molar-refractivity contribution is -0.131. The van der Waals surface area contributed by atoms with Crippen LogP contribution in [0.4, 0.5) is 5.69 Å². The molecule has 68 valence electrons. The molecule has 0 heterocycles. The maximum Gasteiger partial charge on any atom is 0.328 e. The highest BCUT2D eigenvalue weighted by Crippen LogP contribution is 2.19. The van der Waals surface area contributed by atoms with Crippen molar-refractivity contribution in [3.8, 4) is 0 Å². The molecular formula is C9H9NO2S. The number of thioether (sulfide) groups is 1. The quantitative estimate of drug-likeness (QED) is 0.439. The van der Waals surface area contributed by atoms with Crippen LogP contribution in [0, 0.1) is 0 Å². The van der Waals surface area contributed by atoms with Gasteiger partial charge in [0.15, 0.2) is 0 Å². The number of anilines is 1. The molecule has 0 aliphatic rings. The zero-order valence-electron chi connectivity index (χ0n) is 6.81. The number of nitrogens with two attached hydrogens (primary N) is 1. The first-order valence-corrected chi connectivity index (χ1v) is 4.48. The molecule has 0 fully saturated rings. The molecule has 0 unspecified atom stereocenters. The molecule has 0 atom stereocenters. The van der Waals surface area contributed by atoms with Crippen molar-refractivity contribution >= 4 is 23.4 Å². The van der Waals surface area contributed by atoms with Crippen molar-refractivity contribution in [2.24, 2.45) is 0 Å². The molecule has 3 N–H and O–H groups in total. The molecule has 0 aromatic heterocycles. The summed E-state index contributed by atoms with van der Waals surface area (Å²) in [6.45, 7) is 0. The number of carboxylic acids is 1. The van der Waals surface area contributed by atoms with E-state index in [0.717, 1.165) is 11.0 Å². The SMILES string of the molecule is Nc1ccc(S/C=C/C(=O)O)cc1. The van der Waals surface area contributed by atoms with Gasteiger partial charge in [-0.3, -0.25) is 0 Å². The van der Waals surface area contributed by atoms with Crippen molar-refractivity contribution < 1.29 is 9.90 Å². The molecule has 4 heteroatoms. The molecule has 1 aromatic carbocycles. The number of carbonyl (C=O) groups is 1.